The number of nitrogen functional groups attached to an aromatic ring is 1. The van der Waals surface area contributed by atoms with E-state index in [-0.39, 0.29) is 17.9 Å². The first-order valence-corrected chi connectivity index (χ1v) is 7.18. The van der Waals surface area contributed by atoms with Gasteiger partial charge in [-0.3, -0.25) is 9.59 Å². The number of piperidine rings is 1. The summed E-state index contributed by atoms with van der Waals surface area (Å²) in [5.41, 5.74) is 7.72. The lowest BCUT2D eigenvalue weighted by molar-refractivity contribution is -0.122. The second kappa shape index (κ2) is 6.47. The van der Waals surface area contributed by atoms with Gasteiger partial charge < -0.3 is 21.3 Å². The van der Waals surface area contributed by atoms with Gasteiger partial charge in [-0.1, -0.05) is 0 Å². The summed E-state index contributed by atoms with van der Waals surface area (Å²) in [7, 11) is 3.23. The van der Waals surface area contributed by atoms with Gasteiger partial charge in [-0.05, 0) is 37.5 Å². The Morgan fingerprint density at radius 2 is 2.00 bits per heavy atom. The maximum Gasteiger partial charge on any atom is 0.253 e. The molecular weight excluding hydrogens is 268 g/mol. The Morgan fingerprint density at radius 1 is 1.24 bits per heavy atom. The van der Waals surface area contributed by atoms with Gasteiger partial charge in [-0.2, -0.15) is 0 Å². The summed E-state index contributed by atoms with van der Waals surface area (Å²) in [6, 6.07) is 4.92. The summed E-state index contributed by atoms with van der Waals surface area (Å²) >= 11 is 0. The number of anilines is 2. The average Bonchev–Trinajstić information content (AvgIpc) is 2.53. The Morgan fingerprint density at radius 3 is 2.67 bits per heavy atom. The molecule has 4 N–H and O–H groups in total. The number of nitrogens with two attached hydrogens (primary N) is 1. The third-order valence-electron chi connectivity index (χ3n) is 3.85. The van der Waals surface area contributed by atoms with Crippen molar-refractivity contribution in [2.24, 2.45) is 0 Å². The van der Waals surface area contributed by atoms with Crippen LogP contribution < -0.4 is 21.3 Å². The zero-order valence-corrected chi connectivity index (χ0v) is 12.5. The molecule has 1 aliphatic rings. The molecule has 1 aromatic carbocycles. The van der Waals surface area contributed by atoms with Gasteiger partial charge in [0.2, 0.25) is 5.91 Å². The second-order valence-corrected chi connectivity index (χ2v) is 5.17. The highest BCUT2D eigenvalue weighted by Crippen LogP contribution is 2.30. The zero-order chi connectivity index (χ0) is 15.4. The summed E-state index contributed by atoms with van der Waals surface area (Å²) in [6.45, 7) is 0.742. The number of benzene rings is 1. The van der Waals surface area contributed by atoms with Crippen molar-refractivity contribution in [3.05, 3.63) is 23.8 Å². The van der Waals surface area contributed by atoms with E-state index in [9.17, 15) is 9.59 Å². The van der Waals surface area contributed by atoms with Crippen LogP contribution in [0.2, 0.25) is 0 Å². The molecule has 0 bridgehead atoms. The van der Waals surface area contributed by atoms with Crippen LogP contribution in [0.4, 0.5) is 11.4 Å². The van der Waals surface area contributed by atoms with Crippen molar-refractivity contribution in [2.75, 3.05) is 31.3 Å². The maximum atomic E-state index is 12.1. The van der Waals surface area contributed by atoms with Gasteiger partial charge in [-0.15, -0.1) is 0 Å². The number of hydrogen-bond donors (Lipinski definition) is 3. The summed E-state index contributed by atoms with van der Waals surface area (Å²) < 4.78 is 0. The topological polar surface area (TPSA) is 87.5 Å². The zero-order valence-electron chi connectivity index (χ0n) is 12.5. The van der Waals surface area contributed by atoms with Crippen LogP contribution in [0.5, 0.6) is 0 Å². The van der Waals surface area contributed by atoms with Crippen molar-refractivity contribution in [1.29, 1.82) is 0 Å². The van der Waals surface area contributed by atoms with E-state index < -0.39 is 0 Å². The number of rotatable bonds is 3. The summed E-state index contributed by atoms with van der Waals surface area (Å²) in [6.07, 6.45) is 2.78. The monoisotopic (exact) mass is 290 g/mol. The molecule has 1 unspecified atom stereocenters. The smallest absolute Gasteiger partial charge is 0.253 e. The summed E-state index contributed by atoms with van der Waals surface area (Å²) in [5, 5.41) is 5.33. The minimum Gasteiger partial charge on any atom is -0.399 e. The van der Waals surface area contributed by atoms with Crippen LogP contribution in [0.1, 0.15) is 29.6 Å². The number of likely N-dealkylation sites (N-methyl/N-ethyl adjacent to an activating group) is 1. The molecule has 1 heterocycles. The van der Waals surface area contributed by atoms with Gasteiger partial charge in [0.15, 0.2) is 0 Å². The van der Waals surface area contributed by atoms with Crippen molar-refractivity contribution < 1.29 is 9.59 Å². The van der Waals surface area contributed by atoms with Gasteiger partial charge >= 0.3 is 0 Å². The normalized spacial score (nSPS) is 18.2. The first-order chi connectivity index (χ1) is 10.1. The molecule has 6 nitrogen and oxygen atoms in total. The predicted octanol–water partition coefficient (Wildman–Crippen LogP) is 0.733. The molecule has 0 saturated carbocycles. The molecule has 21 heavy (non-hydrogen) atoms. The van der Waals surface area contributed by atoms with Crippen molar-refractivity contribution in [2.45, 2.75) is 25.3 Å². The van der Waals surface area contributed by atoms with Crippen LogP contribution in [0, 0.1) is 0 Å². The molecule has 0 aliphatic carbocycles. The second-order valence-electron chi connectivity index (χ2n) is 5.17. The van der Waals surface area contributed by atoms with Gasteiger partial charge in [0.05, 0.1) is 11.3 Å². The lowest BCUT2D eigenvalue weighted by Gasteiger charge is -2.37. The predicted molar refractivity (Wildman–Crippen MR) is 83.3 cm³/mol. The Balaban J connectivity index is 2.44. The van der Waals surface area contributed by atoms with Crippen molar-refractivity contribution >= 4 is 23.2 Å². The van der Waals surface area contributed by atoms with E-state index in [1.165, 1.54) is 0 Å². The van der Waals surface area contributed by atoms with Crippen molar-refractivity contribution in [1.82, 2.24) is 10.6 Å². The lowest BCUT2D eigenvalue weighted by Crippen LogP contribution is -2.49. The standard InChI is InChI=1S/C15H22N4O2/c1-17-14(20)11-7-6-10(16)9-13(11)19-8-4-3-5-12(19)15(21)18-2/h6-7,9,12H,3-5,8,16H2,1-2H3,(H,17,20)(H,18,21). The third kappa shape index (κ3) is 3.09. The van der Waals surface area contributed by atoms with Gasteiger partial charge in [0.25, 0.3) is 5.91 Å². The third-order valence-corrected chi connectivity index (χ3v) is 3.85. The number of carbonyl (C=O) groups is 2. The minimum absolute atomic E-state index is 0.0278. The summed E-state index contributed by atoms with van der Waals surface area (Å²) in [5.74, 6) is -0.203. The minimum atomic E-state index is -0.256. The Kier molecular flexibility index (Phi) is 4.67. The highest BCUT2D eigenvalue weighted by atomic mass is 16.2. The highest BCUT2D eigenvalue weighted by molar-refractivity contribution is 6.01. The average molecular weight is 290 g/mol. The number of carbonyl (C=O) groups excluding carboxylic acids is 2. The molecule has 0 aromatic heterocycles. The Labute approximate surface area is 124 Å². The molecule has 6 heteroatoms. The van der Waals surface area contributed by atoms with Crippen LogP contribution in [-0.2, 0) is 4.79 Å². The molecule has 1 fully saturated rings. The number of nitrogens with zero attached hydrogens (tertiary/aromatic N) is 1. The molecule has 2 amide bonds. The fourth-order valence-electron chi connectivity index (χ4n) is 2.77. The SMILES string of the molecule is CNC(=O)c1ccc(N)cc1N1CCCCC1C(=O)NC. The number of amides is 2. The van der Waals surface area contributed by atoms with Gasteiger partial charge in [0.1, 0.15) is 6.04 Å². The summed E-state index contributed by atoms with van der Waals surface area (Å²) in [4.78, 5) is 26.1. The van der Waals surface area contributed by atoms with Crippen LogP contribution in [0.15, 0.2) is 18.2 Å². The first kappa shape index (κ1) is 15.2. The molecule has 0 radical (unpaired) electrons. The molecule has 1 saturated heterocycles. The fourth-order valence-corrected chi connectivity index (χ4v) is 2.77. The largest absolute Gasteiger partial charge is 0.399 e. The number of nitrogens with one attached hydrogen (secondary N) is 2. The first-order valence-electron chi connectivity index (χ1n) is 7.18. The molecule has 0 spiro atoms. The number of hydrogen-bond acceptors (Lipinski definition) is 4. The maximum absolute atomic E-state index is 12.1. The molecule has 2 rings (SSSR count). The highest BCUT2D eigenvalue weighted by Gasteiger charge is 2.30. The Hall–Kier alpha value is -2.24. The van der Waals surface area contributed by atoms with Crippen molar-refractivity contribution in [3.8, 4) is 0 Å². The molecule has 1 atom stereocenters. The molecule has 114 valence electrons. The van der Waals surface area contributed by atoms with E-state index in [4.69, 9.17) is 5.73 Å². The van der Waals surface area contributed by atoms with E-state index in [0.29, 0.717) is 11.3 Å². The lowest BCUT2D eigenvalue weighted by atomic mass is 9.98. The van der Waals surface area contributed by atoms with Crippen LogP contribution in [0.3, 0.4) is 0 Å². The van der Waals surface area contributed by atoms with Gasteiger partial charge in [-0.25, -0.2) is 0 Å². The van der Waals surface area contributed by atoms with E-state index in [0.717, 1.165) is 31.5 Å². The van der Waals surface area contributed by atoms with E-state index in [2.05, 4.69) is 10.6 Å². The quantitative estimate of drug-likeness (QED) is 0.716. The van der Waals surface area contributed by atoms with E-state index in [1.54, 1.807) is 32.3 Å². The Bertz CT molecular complexity index is 544. The van der Waals surface area contributed by atoms with Gasteiger partial charge in [0, 0.05) is 26.3 Å². The van der Waals surface area contributed by atoms with Crippen LogP contribution >= 0.6 is 0 Å². The fraction of sp³-hybridized carbons (Fsp3) is 0.467. The molecule has 1 aliphatic heterocycles. The van der Waals surface area contributed by atoms with Crippen LogP contribution in [-0.4, -0.2) is 38.5 Å². The van der Waals surface area contributed by atoms with Crippen molar-refractivity contribution in [3.63, 3.8) is 0 Å². The van der Waals surface area contributed by atoms with E-state index >= 15 is 0 Å². The van der Waals surface area contributed by atoms with E-state index in [1.807, 2.05) is 4.90 Å². The van der Waals surface area contributed by atoms with Crippen LogP contribution in [0.25, 0.3) is 0 Å². The molecule has 1 aromatic rings. The molecular formula is C15H22N4O2.